The number of rotatable bonds is 7. The summed E-state index contributed by atoms with van der Waals surface area (Å²) < 4.78 is 16.1. The summed E-state index contributed by atoms with van der Waals surface area (Å²) in [6.45, 7) is 11.4. The van der Waals surface area contributed by atoms with E-state index >= 15 is 0 Å². The van der Waals surface area contributed by atoms with Crippen molar-refractivity contribution in [3.05, 3.63) is 35.0 Å². The van der Waals surface area contributed by atoms with Crippen LogP contribution in [0.4, 0.5) is 4.39 Å². The Morgan fingerprint density at radius 2 is 1.97 bits per heavy atom. The average molecular weight is 439 g/mol. The molecule has 5 unspecified atom stereocenters. The molecule has 2 aliphatic rings. The number of hydrogen-bond donors (Lipinski definition) is 2. The maximum absolute atomic E-state index is 14.3. The number of fused-ring (bicyclic) bond motifs is 2. The standard InChI is InChI=1S/C24H39FN2O2S/c1-8-10-11-20(19(25)9-2)30-27(7)23(4,5)22(28)26-21-16(3)12-17-13-18(21)15-24(6,29)14-17/h8-11,16-18,21,29H,12-15H2,1-7H3,(H,26,28)/b10-8-,19-9+,20-11+. The lowest BCUT2D eigenvalue weighted by atomic mass is 9.61. The Kier molecular flexibility index (Phi) is 8.39. The zero-order valence-corrected chi connectivity index (χ0v) is 20.4. The Labute approximate surface area is 186 Å². The van der Waals surface area contributed by atoms with Gasteiger partial charge in [0.05, 0.1) is 10.5 Å². The van der Waals surface area contributed by atoms with Crippen molar-refractivity contribution < 1.29 is 14.3 Å². The van der Waals surface area contributed by atoms with Gasteiger partial charge in [-0.05, 0) is 103 Å². The molecule has 30 heavy (non-hydrogen) atoms. The Morgan fingerprint density at radius 1 is 1.30 bits per heavy atom. The highest BCUT2D eigenvalue weighted by Gasteiger charge is 2.46. The van der Waals surface area contributed by atoms with Crippen LogP contribution in [0.5, 0.6) is 0 Å². The van der Waals surface area contributed by atoms with E-state index in [4.69, 9.17) is 0 Å². The van der Waals surface area contributed by atoms with Crippen LogP contribution in [0.2, 0.25) is 0 Å². The summed E-state index contributed by atoms with van der Waals surface area (Å²) in [5, 5.41) is 13.9. The summed E-state index contributed by atoms with van der Waals surface area (Å²) in [6.07, 6.45) is 10.5. The third-order valence-corrected chi connectivity index (χ3v) is 7.96. The second-order valence-electron chi connectivity index (χ2n) is 9.82. The monoisotopic (exact) mass is 438 g/mol. The molecule has 0 radical (unpaired) electrons. The predicted octanol–water partition coefficient (Wildman–Crippen LogP) is 5.37. The van der Waals surface area contributed by atoms with Crippen LogP contribution in [0.15, 0.2) is 35.0 Å². The van der Waals surface area contributed by atoms with Crippen molar-refractivity contribution in [3.63, 3.8) is 0 Å². The smallest absolute Gasteiger partial charge is 0.241 e. The molecule has 1 amide bonds. The normalized spacial score (nSPS) is 33.3. The number of nitrogens with zero attached hydrogens (tertiary/aromatic N) is 1. The molecule has 0 saturated heterocycles. The van der Waals surface area contributed by atoms with Gasteiger partial charge in [-0.2, -0.15) is 0 Å². The Hall–Kier alpha value is -1.11. The molecule has 0 heterocycles. The van der Waals surface area contributed by atoms with Gasteiger partial charge in [-0.3, -0.25) is 4.79 Å². The third kappa shape index (κ3) is 5.98. The van der Waals surface area contributed by atoms with Crippen LogP contribution in [0, 0.1) is 17.8 Å². The Balaban J connectivity index is 2.12. The van der Waals surface area contributed by atoms with E-state index in [-0.39, 0.29) is 17.8 Å². The molecular weight excluding hydrogens is 399 g/mol. The topological polar surface area (TPSA) is 52.6 Å². The highest BCUT2D eigenvalue weighted by atomic mass is 32.2. The van der Waals surface area contributed by atoms with Crippen LogP contribution in [0.25, 0.3) is 0 Å². The molecule has 4 nitrogen and oxygen atoms in total. The number of carbonyl (C=O) groups excluding carboxylic acids is 1. The molecule has 2 aliphatic carbocycles. The lowest BCUT2D eigenvalue weighted by Crippen LogP contribution is -2.59. The quantitative estimate of drug-likeness (QED) is 0.414. The molecular formula is C24H39FN2O2S. The number of carbonyl (C=O) groups is 1. The summed E-state index contributed by atoms with van der Waals surface area (Å²) >= 11 is 1.23. The molecule has 170 valence electrons. The van der Waals surface area contributed by atoms with E-state index in [2.05, 4.69) is 12.2 Å². The van der Waals surface area contributed by atoms with Crippen molar-refractivity contribution >= 4 is 17.9 Å². The fourth-order valence-corrected chi connectivity index (χ4v) is 5.88. The van der Waals surface area contributed by atoms with Gasteiger partial charge < -0.3 is 10.4 Å². The Bertz CT molecular complexity index is 712. The second-order valence-corrected chi connectivity index (χ2v) is 11.0. The highest BCUT2D eigenvalue weighted by Crippen LogP contribution is 2.46. The first-order valence-electron chi connectivity index (χ1n) is 11.0. The van der Waals surface area contributed by atoms with Gasteiger partial charge in [-0.25, -0.2) is 8.70 Å². The van der Waals surface area contributed by atoms with Crippen molar-refractivity contribution in [3.8, 4) is 0 Å². The summed E-state index contributed by atoms with van der Waals surface area (Å²) in [4.78, 5) is 13.8. The number of aliphatic hydroxyl groups is 1. The van der Waals surface area contributed by atoms with E-state index in [0.29, 0.717) is 22.7 Å². The summed E-state index contributed by atoms with van der Waals surface area (Å²) in [5.74, 6) is 0.845. The largest absolute Gasteiger partial charge is 0.390 e. The second kappa shape index (κ2) is 10.0. The number of amides is 1. The van der Waals surface area contributed by atoms with Crippen molar-refractivity contribution in [2.75, 3.05) is 7.05 Å². The Morgan fingerprint density at radius 3 is 2.57 bits per heavy atom. The van der Waals surface area contributed by atoms with Gasteiger partial charge in [0.25, 0.3) is 0 Å². The molecule has 2 N–H and O–H groups in total. The average Bonchev–Trinajstić information content (AvgIpc) is 2.65. The molecule has 2 rings (SSSR count). The fraction of sp³-hybridized carbons (Fsp3) is 0.708. The van der Waals surface area contributed by atoms with E-state index in [1.54, 1.807) is 19.1 Å². The van der Waals surface area contributed by atoms with E-state index in [1.165, 1.54) is 18.0 Å². The van der Waals surface area contributed by atoms with Crippen molar-refractivity contribution in [1.29, 1.82) is 0 Å². The first-order chi connectivity index (χ1) is 13.9. The van der Waals surface area contributed by atoms with Crippen LogP contribution in [0.1, 0.15) is 67.2 Å². The highest BCUT2D eigenvalue weighted by molar-refractivity contribution is 8.01. The maximum atomic E-state index is 14.3. The zero-order chi connectivity index (χ0) is 22.7. The van der Waals surface area contributed by atoms with E-state index < -0.39 is 11.1 Å². The van der Waals surface area contributed by atoms with Gasteiger partial charge in [0, 0.05) is 6.04 Å². The van der Waals surface area contributed by atoms with E-state index in [1.807, 2.05) is 45.1 Å². The molecule has 0 spiro atoms. The maximum Gasteiger partial charge on any atom is 0.241 e. The van der Waals surface area contributed by atoms with Gasteiger partial charge in [0.2, 0.25) is 5.91 Å². The molecule has 6 heteroatoms. The number of allylic oxidation sites excluding steroid dienone is 5. The summed E-state index contributed by atoms with van der Waals surface area (Å²) in [5.41, 5.74) is -1.48. The van der Waals surface area contributed by atoms with Gasteiger partial charge in [-0.1, -0.05) is 25.2 Å². The van der Waals surface area contributed by atoms with Gasteiger partial charge in [0.1, 0.15) is 11.4 Å². The van der Waals surface area contributed by atoms with E-state index in [0.717, 1.165) is 25.7 Å². The third-order valence-electron chi connectivity index (χ3n) is 6.70. The minimum atomic E-state index is -0.832. The lowest BCUT2D eigenvalue weighted by molar-refractivity contribution is -0.132. The van der Waals surface area contributed by atoms with Gasteiger partial charge in [-0.15, -0.1) is 0 Å². The number of halogens is 1. The first-order valence-corrected chi connectivity index (χ1v) is 11.8. The fourth-order valence-electron chi connectivity index (χ4n) is 4.93. The van der Waals surface area contributed by atoms with Crippen LogP contribution in [-0.4, -0.2) is 39.5 Å². The molecule has 0 aromatic rings. The minimum absolute atomic E-state index is 0.0588. The number of likely N-dealkylation sites (N-methyl/N-ethyl adjacent to an activating group) is 1. The number of nitrogens with one attached hydrogen (secondary N) is 1. The van der Waals surface area contributed by atoms with Crippen molar-refractivity contribution in [2.24, 2.45) is 17.8 Å². The predicted molar refractivity (Wildman–Crippen MR) is 124 cm³/mol. The lowest BCUT2D eigenvalue weighted by Gasteiger charge is -2.50. The molecule has 0 aromatic carbocycles. The first kappa shape index (κ1) is 25.2. The SMILES string of the molecule is C\C=C/C=C(SN(C)C(C)(C)C(=O)NC1C(C)CC2CC1CC(C)(O)C2)\C(F)=C/C. The van der Waals surface area contributed by atoms with E-state index in [9.17, 15) is 14.3 Å². The van der Waals surface area contributed by atoms with Crippen LogP contribution >= 0.6 is 11.9 Å². The van der Waals surface area contributed by atoms with Crippen LogP contribution in [-0.2, 0) is 4.79 Å². The molecule has 2 fully saturated rings. The number of hydrogen-bond acceptors (Lipinski definition) is 4. The molecule has 2 bridgehead atoms. The molecule has 5 atom stereocenters. The molecule has 0 aliphatic heterocycles. The zero-order valence-electron chi connectivity index (χ0n) is 19.5. The minimum Gasteiger partial charge on any atom is -0.390 e. The molecule has 2 saturated carbocycles. The molecule has 0 aromatic heterocycles. The van der Waals surface area contributed by atoms with Gasteiger partial charge >= 0.3 is 0 Å². The van der Waals surface area contributed by atoms with Crippen LogP contribution in [0.3, 0.4) is 0 Å². The summed E-state index contributed by atoms with van der Waals surface area (Å²) in [6, 6.07) is 0.0588. The van der Waals surface area contributed by atoms with Crippen molar-refractivity contribution in [1.82, 2.24) is 9.62 Å². The van der Waals surface area contributed by atoms with Crippen LogP contribution < -0.4 is 5.32 Å². The van der Waals surface area contributed by atoms with Crippen molar-refractivity contribution in [2.45, 2.75) is 84.4 Å². The van der Waals surface area contributed by atoms with Gasteiger partial charge in [0.15, 0.2) is 0 Å². The summed E-state index contributed by atoms with van der Waals surface area (Å²) in [7, 11) is 1.82.